The Morgan fingerprint density at radius 1 is 1.58 bits per heavy atom. The van der Waals surface area contributed by atoms with E-state index in [1.165, 1.54) is 0 Å². The molecule has 0 spiro atoms. The summed E-state index contributed by atoms with van der Waals surface area (Å²) in [7, 11) is 1.09. The zero-order valence-electron chi connectivity index (χ0n) is 6.04. The van der Waals surface area contributed by atoms with Gasteiger partial charge in [-0.1, -0.05) is 0 Å². The number of hydrogen-bond donors (Lipinski definition) is 0. The van der Waals surface area contributed by atoms with Gasteiger partial charge in [-0.15, -0.1) is 0 Å². The van der Waals surface area contributed by atoms with Crippen LogP contribution in [0.5, 0.6) is 0 Å². The summed E-state index contributed by atoms with van der Waals surface area (Å²) in [6, 6.07) is 0. The maximum Gasteiger partial charge on any atom is 0.423 e. The molecule has 0 radical (unpaired) electrons. The normalized spacial score (nSPS) is 16.5. The lowest BCUT2D eigenvalue weighted by atomic mass is 10.6. The van der Waals surface area contributed by atoms with Crippen LogP contribution in [0, 0.1) is 0 Å². The summed E-state index contributed by atoms with van der Waals surface area (Å²) in [5, 5.41) is 0. The van der Waals surface area contributed by atoms with E-state index < -0.39 is 17.9 Å². The molecule has 0 N–H and O–H groups in total. The molecule has 0 saturated heterocycles. The van der Waals surface area contributed by atoms with Crippen LogP contribution in [0.1, 0.15) is 0 Å². The van der Waals surface area contributed by atoms with E-state index in [0.717, 1.165) is 13.2 Å². The minimum Gasteiger partial charge on any atom is -0.452 e. The van der Waals surface area contributed by atoms with Gasteiger partial charge in [-0.05, 0) is 15.9 Å². The van der Waals surface area contributed by atoms with Crippen molar-refractivity contribution < 1.29 is 19.1 Å². The average molecular weight is 234 g/mol. The topological polar surface area (TPSA) is 63.7 Å². The largest absolute Gasteiger partial charge is 0.452 e. The Hall–Kier alpha value is -1.17. The van der Waals surface area contributed by atoms with E-state index >= 15 is 0 Å². The Labute approximate surface area is 76.1 Å². The molecule has 3 amide bonds. The van der Waals surface area contributed by atoms with Gasteiger partial charge in [-0.2, -0.15) is 4.90 Å². The molecule has 0 unspecified atom stereocenters. The second-order valence-electron chi connectivity index (χ2n) is 1.94. The van der Waals surface area contributed by atoms with Gasteiger partial charge in [-0.25, -0.2) is 4.79 Å². The van der Waals surface area contributed by atoms with Crippen LogP contribution < -0.4 is 0 Å². The smallest absolute Gasteiger partial charge is 0.423 e. The fourth-order valence-corrected chi connectivity index (χ4v) is 1.08. The van der Waals surface area contributed by atoms with Gasteiger partial charge in [0, 0.05) is 6.08 Å². The Bertz CT molecular complexity index is 296. The van der Waals surface area contributed by atoms with Crippen molar-refractivity contribution in [2.24, 2.45) is 0 Å². The maximum atomic E-state index is 11.0. The molecular formula is C6H4BrNO4. The van der Waals surface area contributed by atoms with E-state index in [-0.39, 0.29) is 4.48 Å². The molecule has 1 aliphatic rings. The molecule has 0 aliphatic carbocycles. The van der Waals surface area contributed by atoms with Crippen LogP contribution in [0.4, 0.5) is 4.79 Å². The second-order valence-corrected chi connectivity index (χ2v) is 2.80. The molecule has 0 fully saturated rings. The first-order chi connectivity index (χ1) is 5.57. The summed E-state index contributed by atoms with van der Waals surface area (Å²) in [4.78, 5) is 33.1. The first-order valence-electron chi connectivity index (χ1n) is 2.91. The van der Waals surface area contributed by atoms with Crippen molar-refractivity contribution in [3.8, 4) is 0 Å². The molecule has 0 aromatic rings. The molecule has 12 heavy (non-hydrogen) atoms. The van der Waals surface area contributed by atoms with Crippen LogP contribution in [0.25, 0.3) is 0 Å². The predicted octanol–water partition coefficient (Wildman–Crippen LogP) is 0.400. The van der Waals surface area contributed by atoms with Crippen molar-refractivity contribution in [3.05, 3.63) is 10.6 Å². The van der Waals surface area contributed by atoms with Crippen LogP contribution in [-0.4, -0.2) is 29.9 Å². The fraction of sp³-hybridized carbons (Fsp3) is 0.167. The van der Waals surface area contributed by atoms with Gasteiger partial charge >= 0.3 is 6.09 Å². The van der Waals surface area contributed by atoms with Gasteiger partial charge in [0.05, 0.1) is 11.6 Å². The standard InChI is InChI=1S/C6H4BrNO4/c1-12-6(11)8-4(9)2-3(7)5(8)10/h2H,1H3. The monoisotopic (exact) mass is 233 g/mol. The van der Waals surface area contributed by atoms with Crippen molar-refractivity contribution in [3.63, 3.8) is 0 Å². The minimum atomic E-state index is -0.976. The Kier molecular flexibility index (Phi) is 2.27. The number of carbonyl (C=O) groups is 3. The molecule has 0 saturated carbocycles. The van der Waals surface area contributed by atoms with Crippen LogP contribution >= 0.6 is 15.9 Å². The number of amides is 3. The summed E-state index contributed by atoms with van der Waals surface area (Å²) in [5.74, 6) is -1.40. The number of halogens is 1. The van der Waals surface area contributed by atoms with E-state index in [9.17, 15) is 14.4 Å². The quantitative estimate of drug-likeness (QED) is 0.569. The van der Waals surface area contributed by atoms with Crippen LogP contribution in [0.3, 0.4) is 0 Å². The maximum absolute atomic E-state index is 11.0. The van der Waals surface area contributed by atoms with Crippen molar-refractivity contribution in [2.75, 3.05) is 7.11 Å². The van der Waals surface area contributed by atoms with Gasteiger partial charge < -0.3 is 4.74 Å². The molecule has 5 nitrogen and oxygen atoms in total. The number of carbonyl (C=O) groups excluding carboxylic acids is 3. The van der Waals surface area contributed by atoms with E-state index in [1.807, 2.05) is 0 Å². The van der Waals surface area contributed by atoms with Gasteiger partial charge in [-0.3, -0.25) is 9.59 Å². The first-order valence-corrected chi connectivity index (χ1v) is 3.70. The summed E-state index contributed by atoms with van der Waals surface area (Å²) in [6.45, 7) is 0. The first kappa shape index (κ1) is 8.92. The molecule has 0 bridgehead atoms. The number of imide groups is 3. The molecule has 0 aromatic carbocycles. The molecule has 1 heterocycles. The second kappa shape index (κ2) is 3.06. The Morgan fingerprint density at radius 3 is 2.50 bits per heavy atom. The Morgan fingerprint density at radius 2 is 2.17 bits per heavy atom. The average Bonchev–Trinajstić information content (AvgIpc) is 2.26. The third kappa shape index (κ3) is 1.25. The summed E-state index contributed by atoms with van der Waals surface area (Å²) >= 11 is 2.82. The fourth-order valence-electron chi connectivity index (χ4n) is 0.706. The highest BCUT2D eigenvalue weighted by Crippen LogP contribution is 2.18. The molecule has 1 aliphatic heterocycles. The van der Waals surface area contributed by atoms with E-state index in [0.29, 0.717) is 4.90 Å². The Balaban J connectivity index is 2.91. The van der Waals surface area contributed by atoms with Crippen LogP contribution in [-0.2, 0) is 14.3 Å². The molecular weight excluding hydrogens is 230 g/mol. The highest BCUT2D eigenvalue weighted by molar-refractivity contribution is 9.12. The van der Waals surface area contributed by atoms with Gasteiger partial charge in [0.2, 0.25) is 0 Å². The number of ether oxygens (including phenoxy) is 1. The lowest BCUT2D eigenvalue weighted by Crippen LogP contribution is -2.36. The van der Waals surface area contributed by atoms with Crippen molar-refractivity contribution >= 4 is 33.8 Å². The summed E-state index contributed by atoms with van der Waals surface area (Å²) in [5.41, 5.74) is 0. The van der Waals surface area contributed by atoms with Crippen molar-refractivity contribution in [1.29, 1.82) is 0 Å². The lowest BCUT2D eigenvalue weighted by molar-refractivity contribution is -0.134. The highest BCUT2D eigenvalue weighted by Gasteiger charge is 2.35. The number of methoxy groups -OCH3 is 1. The molecule has 0 atom stereocenters. The van der Waals surface area contributed by atoms with Crippen LogP contribution in [0.2, 0.25) is 0 Å². The predicted molar refractivity (Wildman–Crippen MR) is 41.3 cm³/mol. The van der Waals surface area contributed by atoms with Crippen LogP contribution in [0.15, 0.2) is 10.6 Å². The molecule has 6 heteroatoms. The molecule has 1 rings (SSSR count). The molecule has 0 aromatic heterocycles. The van der Waals surface area contributed by atoms with Crippen molar-refractivity contribution in [2.45, 2.75) is 0 Å². The third-order valence-electron chi connectivity index (χ3n) is 1.24. The zero-order chi connectivity index (χ0) is 9.30. The van der Waals surface area contributed by atoms with E-state index in [2.05, 4.69) is 20.7 Å². The zero-order valence-corrected chi connectivity index (χ0v) is 7.62. The molecule has 64 valence electrons. The van der Waals surface area contributed by atoms with Crippen molar-refractivity contribution in [1.82, 2.24) is 4.90 Å². The highest BCUT2D eigenvalue weighted by atomic mass is 79.9. The third-order valence-corrected chi connectivity index (χ3v) is 1.80. The summed E-state index contributed by atoms with van der Waals surface area (Å²) < 4.78 is 4.27. The number of rotatable bonds is 0. The van der Waals surface area contributed by atoms with E-state index in [4.69, 9.17) is 0 Å². The minimum absolute atomic E-state index is 0.0536. The summed E-state index contributed by atoms with van der Waals surface area (Å²) in [6.07, 6.45) is 0.0369. The van der Waals surface area contributed by atoms with Gasteiger partial charge in [0.15, 0.2) is 0 Å². The number of hydrogen-bond acceptors (Lipinski definition) is 4. The van der Waals surface area contributed by atoms with Gasteiger partial charge in [0.25, 0.3) is 11.8 Å². The lowest BCUT2D eigenvalue weighted by Gasteiger charge is -2.08. The van der Waals surface area contributed by atoms with Gasteiger partial charge in [0.1, 0.15) is 0 Å². The van der Waals surface area contributed by atoms with E-state index in [1.54, 1.807) is 0 Å². The SMILES string of the molecule is COC(=O)N1C(=O)C=C(Br)C1=O. The number of nitrogens with zero attached hydrogens (tertiary/aromatic N) is 1.